The Morgan fingerprint density at radius 3 is 2.73 bits per heavy atom. The van der Waals surface area contributed by atoms with Gasteiger partial charge >= 0.3 is 6.03 Å². The van der Waals surface area contributed by atoms with E-state index in [4.69, 9.17) is 9.47 Å². The lowest BCUT2D eigenvalue weighted by Gasteiger charge is -2.40. The lowest BCUT2D eigenvalue weighted by Crippen LogP contribution is -2.56. The maximum Gasteiger partial charge on any atom is 0.321 e. The number of rotatable bonds is 7. The van der Waals surface area contributed by atoms with Crippen molar-refractivity contribution >= 4 is 39.0 Å². The number of amides is 2. The summed E-state index contributed by atoms with van der Waals surface area (Å²) in [7, 11) is 0. The number of nitrogens with one attached hydrogen (secondary N) is 1. The number of aryl methyl sites for hydroxylation is 1. The van der Waals surface area contributed by atoms with E-state index in [0.29, 0.717) is 31.9 Å². The molecule has 10 heteroatoms. The summed E-state index contributed by atoms with van der Waals surface area (Å²) in [6, 6.07) is 13.9. The predicted octanol–water partition coefficient (Wildman–Crippen LogP) is 3.42. The fourth-order valence-electron chi connectivity index (χ4n) is 4.86. The minimum absolute atomic E-state index is 0.0952. The van der Waals surface area contributed by atoms with E-state index in [1.165, 1.54) is 0 Å². The first-order valence-electron chi connectivity index (χ1n) is 12.9. The van der Waals surface area contributed by atoms with Crippen LogP contribution in [-0.2, 0) is 4.74 Å². The maximum atomic E-state index is 12.9. The van der Waals surface area contributed by atoms with Gasteiger partial charge in [0.05, 0.1) is 28.4 Å². The number of hydrogen-bond acceptors (Lipinski definition) is 8. The number of aliphatic hydroxyl groups is 1. The normalized spacial score (nSPS) is 19.7. The van der Waals surface area contributed by atoms with Crippen molar-refractivity contribution in [3.05, 3.63) is 47.5 Å². The molecule has 3 heterocycles. The number of benzene rings is 2. The molecule has 2 fully saturated rings. The van der Waals surface area contributed by atoms with E-state index in [9.17, 15) is 9.90 Å². The lowest BCUT2D eigenvalue weighted by atomic mass is 10.1. The first-order valence-corrected chi connectivity index (χ1v) is 13.7. The fourth-order valence-corrected chi connectivity index (χ4v) is 5.67. The van der Waals surface area contributed by atoms with E-state index in [1.807, 2.05) is 54.3 Å². The van der Waals surface area contributed by atoms with Gasteiger partial charge in [0.2, 0.25) is 0 Å². The third-order valence-electron chi connectivity index (χ3n) is 6.90. The molecule has 0 unspecified atom stereocenters. The number of aliphatic hydroxyl groups excluding tert-OH is 1. The van der Waals surface area contributed by atoms with Crippen molar-refractivity contribution in [2.75, 3.05) is 69.3 Å². The minimum atomic E-state index is -0.624. The summed E-state index contributed by atoms with van der Waals surface area (Å²) in [6.45, 7) is 9.96. The molecule has 198 valence electrons. The van der Waals surface area contributed by atoms with Crippen LogP contribution in [0.15, 0.2) is 42.5 Å². The summed E-state index contributed by atoms with van der Waals surface area (Å²) >= 11 is 1.66. The summed E-state index contributed by atoms with van der Waals surface area (Å²) in [5.74, 6) is 0.712. The van der Waals surface area contributed by atoms with Crippen LogP contribution in [0.25, 0.3) is 10.2 Å². The number of fused-ring (bicyclic) bond motifs is 1. The Morgan fingerprint density at radius 2 is 1.97 bits per heavy atom. The smallest absolute Gasteiger partial charge is 0.321 e. The van der Waals surface area contributed by atoms with E-state index in [-0.39, 0.29) is 18.7 Å². The fraction of sp³-hybridized carbons (Fsp3) is 0.481. The monoisotopic (exact) mass is 525 g/mol. The largest absolute Gasteiger partial charge is 0.491 e. The van der Waals surface area contributed by atoms with Gasteiger partial charge in [-0.1, -0.05) is 0 Å². The molecule has 1 aromatic heterocycles. The van der Waals surface area contributed by atoms with Crippen LogP contribution in [0.5, 0.6) is 5.75 Å². The van der Waals surface area contributed by atoms with Crippen LogP contribution in [0.4, 0.5) is 16.2 Å². The highest BCUT2D eigenvalue weighted by Gasteiger charge is 2.28. The van der Waals surface area contributed by atoms with Crippen molar-refractivity contribution in [2.45, 2.75) is 26.0 Å². The number of nitrogens with zero attached hydrogens (tertiary/aromatic N) is 4. The Morgan fingerprint density at radius 1 is 1.19 bits per heavy atom. The van der Waals surface area contributed by atoms with Crippen molar-refractivity contribution in [1.29, 1.82) is 0 Å². The zero-order valence-electron chi connectivity index (χ0n) is 21.4. The van der Waals surface area contributed by atoms with Gasteiger partial charge in [-0.25, -0.2) is 9.78 Å². The molecular formula is C27H35N5O4S. The molecule has 2 aliphatic heterocycles. The number of ether oxygens (including phenoxy) is 2. The first-order chi connectivity index (χ1) is 17.9. The average molecular weight is 526 g/mol. The van der Waals surface area contributed by atoms with Gasteiger partial charge < -0.3 is 29.7 Å². The SMILES string of the molecule is Cc1nc2cc(OC[C@H](O)CN3CCN(C(=O)Nc4ccc(N5CCOCC5)cc4)C[C@@H]3C)ccc2s1. The molecule has 2 amide bonds. The number of thiazole rings is 1. The lowest BCUT2D eigenvalue weighted by molar-refractivity contribution is 0.0307. The van der Waals surface area contributed by atoms with E-state index in [0.717, 1.165) is 52.9 Å². The van der Waals surface area contributed by atoms with Crippen LogP contribution in [0.3, 0.4) is 0 Å². The second-order valence-corrected chi connectivity index (χ2v) is 10.9. The number of morpholine rings is 1. The molecule has 3 aromatic rings. The highest BCUT2D eigenvalue weighted by atomic mass is 32.1. The van der Waals surface area contributed by atoms with Crippen LogP contribution >= 0.6 is 11.3 Å². The zero-order chi connectivity index (χ0) is 25.8. The summed E-state index contributed by atoms with van der Waals surface area (Å²) in [5, 5.41) is 14.6. The number of hydrogen-bond donors (Lipinski definition) is 2. The van der Waals surface area contributed by atoms with Crippen molar-refractivity contribution in [2.24, 2.45) is 0 Å². The summed E-state index contributed by atoms with van der Waals surface area (Å²) in [4.78, 5) is 23.7. The Hall–Kier alpha value is -2.92. The van der Waals surface area contributed by atoms with Gasteiger partial charge in [-0.2, -0.15) is 0 Å². The van der Waals surface area contributed by atoms with Crippen molar-refractivity contribution < 1.29 is 19.4 Å². The summed E-state index contributed by atoms with van der Waals surface area (Å²) in [6.07, 6.45) is -0.624. The molecule has 0 bridgehead atoms. The molecule has 2 atom stereocenters. The minimum Gasteiger partial charge on any atom is -0.491 e. The van der Waals surface area contributed by atoms with Crippen molar-refractivity contribution in [1.82, 2.24) is 14.8 Å². The molecule has 2 aromatic carbocycles. The quantitative estimate of drug-likeness (QED) is 0.489. The van der Waals surface area contributed by atoms with Crippen LogP contribution < -0.4 is 15.0 Å². The second-order valence-electron chi connectivity index (χ2n) is 9.69. The standard InChI is InChI=1S/C27H35N5O4S/c1-19-16-32(27(34)29-21-3-5-22(6-4-21)30-11-13-35-14-12-30)10-9-31(19)17-23(33)18-36-24-7-8-26-25(15-24)28-20(2)37-26/h3-8,15,19,23,33H,9-14,16-18H2,1-2H3,(H,29,34)/t19-,23+/m0/s1. The van der Waals surface area contributed by atoms with Crippen LogP contribution in [0.1, 0.15) is 11.9 Å². The van der Waals surface area contributed by atoms with Crippen LogP contribution in [-0.4, -0.2) is 97.2 Å². The number of piperazine rings is 1. The van der Waals surface area contributed by atoms with Crippen LogP contribution in [0, 0.1) is 6.92 Å². The maximum absolute atomic E-state index is 12.9. The number of β-amino-alcohol motifs (C(OH)–C–C–N with tert-alkyl or cyclic N) is 1. The number of anilines is 2. The van der Waals surface area contributed by atoms with Gasteiger partial charge in [-0.05, 0) is 50.2 Å². The van der Waals surface area contributed by atoms with Gasteiger partial charge in [0.25, 0.3) is 0 Å². The Kier molecular flexibility index (Phi) is 8.09. The Balaban J connectivity index is 1.06. The summed E-state index contributed by atoms with van der Waals surface area (Å²) < 4.78 is 12.4. The van der Waals surface area contributed by atoms with Crippen LogP contribution in [0.2, 0.25) is 0 Å². The zero-order valence-corrected chi connectivity index (χ0v) is 22.2. The van der Waals surface area contributed by atoms with Gasteiger partial charge in [0, 0.05) is 62.8 Å². The molecular weight excluding hydrogens is 490 g/mol. The summed E-state index contributed by atoms with van der Waals surface area (Å²) in [5.41, 5.74) is 2.85. The number of carbonyl (C=O) groups excluding carboxylic acids is 1. The van der Waals surface area contributed by atoms with Gasteiger partial charge in [-0.3, -0.25) is 4.90 Å². The Labute approximate surface area is 221 Å². The first kappa shape index (κ1) is 25.7. The van der Waals surface area contributed by atoms with E-state index >= 15 is 0 Å². The topological polar surface area (TPSA) is 90.4 Å². The van der Waals surface area contributed by atoms with E-state index < -0.39 is 6.10 Å². The van der Waals surface area contributed by atoms with Gasteiger partial charge in [0.15, 0.2) is 0 Å². The number of aromatic nitrogens is 1. The number of urea groups is 1. The van der Waals surface area contributed by atoms with Gasteiger partial charge in [-0.15, -0.1) is 11.3 Å². The van der Waals surface area contributed by atoms with Crippen molar-refractivity contribution in [3.8, 4) is 5.75 Å². The third kappa shape index (κ3) is 6.51. The van der Waals surface area contributed by atoms with Gasteiger partial charge in [0.1, 0.15) is 18.5 Å². The van der Waals surface area contributed by atoms with E-state index in [2.05, 4.69) is 27.0 Å². The average Bonchev–Trinajstić information content (AvgIpc) is 3.29. The predicted molar refractivity (Wildman–Crippen MR) is 147 cm³/mol. The molecule has 0 saturated carbocycles. The molecule has 9 nitrogen and oxygen atoms in total. The molecule has 2 saturated heterocycles. The van der Waals surface area contributed by atoms with Crippen molar-refractivity contribution in [3.63, 3.8) is 0 Å². The molecule has 5 rings (SSSR count). The molecule has 0 aliphatic carbocycles. The molecule has 0 radical (unpaired) electrons. The molecule has 37 heavy (non-hydrogen) atoms. The highest BCUT2D eigenvalue weighted by Crippen LogP contribution is 2.26. The van der Waals surface area contributed by atoms with E-state index in [1.54, 1.807) is 11.3 Å². The Bertz CT molecular complexity index is 1200. The molecule has 2 N–H and O–H groups in total. The highest BCUT2D eigenvalue weighted by molar-refractivity contribution is 7.18. The molecule has 2 aliphatic rings. The second kappa shape index (κ2) is 11.6. The third-order valence-corrected chi connectivity index (χ3v) is 7.85. The number of carbonyl (C=O) groups is 1. The molecule has 0 spiro atoms.